The van der Waals surface area contributed by atoms with Gasteiger partial charge in [0.05, 0.1) is 0 Å². The van der Waals surface area contributed by atoms with E-state index in [1.807, 2.05) is 11.8 Å². The van der Waals surface area contributed by atoms with Crippen molar-refractivity contribution in [2.24, 2.45) is 0 Å². The van der Waals surface area contributed by atoms with Crippen LogP contribution in [0.3, 0.4) is 0 Å². The van der Waals surface area contributed by atoms with Gasteiger partial charge in [0.2, 0.25) is 0 Å². The Balaban J connectivity index is 1.59. The standard InChI is InChI=1S/C13H20N4OS2/c1-13(5-2-6-19-13)7-15-11(18)9-10(14)17-12(20-9)16-8-3-4-8/h8H,2-7,14H2,1H3,(H,15,18)(H,16,17). The Morgan fingerprint density at radius 1 is 1.55 bits per heavy atom. The number of hydrogen-bond donors (Lipinski definition) is 3. The van der Waals surface area contributed by atoms with E-state index in [2.05, 4.69) is 22.5 Å². The van der Waals surface area contributed by atoms with Gasteiger partial charge in [0.1, 0.15) is 10.7 Å². The molecule has 7 heteroatoms. The molecule has 0 spiro atoms. The molecule has 1 aliphatic carbocycles. The number of thiazole rings is 1. The number of nitrogens with two attached hydrogens (primary N) is 1. The molecule has 110 valence electrons. The summed E-state index contributed by atoms with van der Waals surface area (Å²) >= 11 is 3.29. The van der Waals surface area contributed by atoms with E-state index in [1.54, 1.807) is 0 Å². The van der Waals surface area contributed by atoms with Gasteiger partial charge in [-0.05, 0) is 38.4 Å². The molecule has 1 saturated carbocycles. The first kappa shape index (κ1) is 14.0. The number of anilines is 2. The zero-order valence-electron chi connectivity index (χ0n) is 11.6. The number of nitrogen functional groups attached to an aromatic ring is 1. The first-order valence-electron chi connectivity index (χ1n) is 7.01. The number of aromatic nitrogens is 1. The van der Waals surface area contributed by atoms with Crippen LogP contribution in [0.25, 0.3) is 0 Å². The highest BCUT2D eigenvalue weighted by Crippen LogP contribution is 2.37. The second-order valence-corrected chi connectivity index (χ2v) is 8.42. The number of carbonyl (C=O) groups excluding carboxylic acids is 1. The number of nitrogens with one attached hydrogen (secondary N) is 2. The van der Waals surface area contributed by atoms with E-state index < -0.39 is 0 Å². The van der Waals surface area contributed by atoms with Crippen LogP contribution in [0, 0.1) is 0 Å². The van der Waals surface area contributed by atoms with Gasteiger partial charge >= 0.3 is 0 Å². The lowest BCUT2D eigenvalue weighted by atomic mass is 10.1. The second-order valence-electron chi connectivity index (χ2n) is 5.74. The molecule has 0 bridgehead atoms. The molecule has 1 amide bonds. The van der Waals surface area contributed by atoms with Crippen LogP contribution in [0.5, 0.6) is 0 Å². The van der Waals surface area contributed by atoms with Crippen LogP contribution in [-0.4, -0.2) is 34.0 Å². The average molecular weight is 312 g/mol. The summed E-state index contributed by atoms with van der Waals surface area (Å²) in [6.07, 6.45) is 4.74. The van der Waals surface area contributed by atoms with Crippen molar-refractivity contribution in [2.75, 3.05) is 23.3 Å². The highest BCUT2D eigenvalue weighted by Gasteiger charge is 2.30. The first-order valence-corrected chi connectivity index (χ1v) is 8.81. The lowest BCUT2D eigenvalue weighted by Gasteiger charge is -2.22. The molecule has 1 aliphatic heterocycles. The summed E-state index contributed by atoms with van der Waals surface area (Å²) in [6.45, 7) is 2.90. The van der Waals surface area contributed by atoms with Gasteiger partial charge in [-0.3, -0.25) is 4.79 Å². The highest BCUT2D eigenvalue weighted by molar-refractivity contribution is 8.00. The molecule has 20 heavy (non-hydrogen) atoms. The predicted molar refractivity (Wildman–Crippen MR) is 85.6 cm³/mol. The van der Waals surface area contributed by atoms with Crippen molar-refractivity contribution in [3.8, 4) is 0 Å². The van der Waals surface area contributed by atoms with Crippen molar-refractivity contribution in [1.82, 2.24) is 10.3 Å². The summed E-state index contributed by atoms with van der Waals surface area (Å²) in [6, 6.07) is 0.519. The first-order chi connectivity index (χ1) is 9.56. The molecule has 1 atom stereocenters. The Hall–Kier alpha value is -0.950. The van der Waals surface area contributed by atoms with E-state index in [-0.39, 0.29) is 10.7 Å². The van der Waals surface area contributed by atoms with Gasteiger partial charge in [-0.25, -0.2) is 4.98 Å². The number of carbonyl (C=O) groups is 1. The van der Waals surface area contributed by atoms with Gasteiger partial charge in [-0.2, -0.15) is 11.8 Å². The van der Waals surface area contributed by atoms with Crippen molar-refractivity contribution in [2.45, 2.75) is 43.4 Å². The summed E-state index contributed by atoms with van der Waals surface area (Å²) in [5, 5.41) is 7.05. The van der Waals surface area contributed by atoms with Crippen LogP contribution in [0.2, 0.25) is 0 Å². The van der Waals surface area contributed by atoms with Gasteiger partial charge in [0.15, 0.2) is 5.13 Å². The Morgan fingerprint density at radius 2 is 2.35 bits per heavy atom. The molecule has 0 aromatic carbocycles. The molecule has 2 aliphatic rings. The van der Waals surface area contributed by atoms with E-state index in [4.69, 9.17) is 5.73 Å². The zero-order chi connectivity index (χ0) is 14.2. The molecule has 0 radical (unpaired) electrons. The Labute approximate surface area is 127 Å². The van der Waals surface area contributed by atoms with Gasteiger partial charge in [0.25, 0.3) is 5.91 Å². The fourth-order valence-electron chi connectivity index (χ4n) is 2.28. The van der Waals surface area contributed by atoms with Gasteiger partial charge in [0, 0.05) is 17.3 Å². The third kappa shape index (κ3) is 3.20. The maximum atomic E-state index is 12.2. The molecule has 2 heterocycles. The van der Waals surface area contributed by atoms with Crippen molar-refractivity contribution in [1.29, 1.82) is 0 Å². The summed E-state index contributed by atoms with van der Waals surface area (Å²) in [5.74, 6) is 1.42. The molecule has 3 rings (SSSR count). The minimum Gasteiger partial charge on any atom is -0.382 e. The summed E-state index contributed by atoms with van der Waals surface area (Å²) in [5.41, 5.74) is 5.85. The molecule has 2 fully saturated rings. The minimum absolute atomic E-state index is 0.0995. The summed E-state index contributed by atoms with van der Waals surface area (Å²) in [4.78, 5) is 17.0. The predicted octanol–water partition coefficient (Wildman–Crippen LogP) is 2.32. The molecule has 4 N–H and O–H groups in total. The van der Waals surface area contributed by atoms with Crippen LogP contribution in [0.15, 0.2) is 0 Å². The van der Waals surface area contributed by atoms with Crippen LogP contribution in [0.1, 0.15) is 42.3 Å². The molecular formula is C13H20N4OS2. The smallest absolute Gasteiger partial charge is 0.265 e. The lowest BCUT2D eigenvalue weighted by molar-refractivity contribution is 0.0954. The zero-order valence-corrected chi connectivity index (χ0v) is 13.2. The maximum Gasteiger partial charge on any atom is 0.265 e. The molecular weight excluding hydrogens is 292 g/mol. The summed E-state index contributed by atoms with van der Waals surface area (Å²) in [7, 11) is 0. The third-order valence-electron chi connectivity index (χ3n) is 3.69. The van der Waals surface area contributed by atoms with Crippen molar-refractivity contribution in [3.05, 3.63) is 4.88 Å². The van der Waals surface area contributed by atoms with E-state index >= 15 is 0 Å². The van der Waals surface area contributed by atoms with Crippen LogP contribution in [0.4, 0.5) is 10.9 Å². The van der Waals surface area contributed by atoms with Gasteiger partial charge < -0.3 is 16.4 Å². The van der Waals surface area contributed by atoms with E-state index in [9.17, 15) is 4.79 Å². The molecule has 1 aromatic rings. The average Bonchev–Trinajstić information content (AvgIpc) is 2.99. The normalized spacial score (nSPS) is 25.6. The number of hydrogen-bond acceptors (Lipinski definition) is 6. The largest absolute Gasteiger partial charge is 0.382 e. The number of amides is 1. The minimum atomic E-state index is -0.0995. The van der Waals surface area contributed by atoms with E-state index in [0.717, 1.165) is 11.6 Å². The van der Waals surface area contributed by atoms with Crippen molar-refractivity contribution >= 4 is 40.0 Å². The monoisotopic (exact) mass is 312 g/mol. The number of rotatable bonds is 5. The second kappa shape index (κ2) is 5.44. The fourth-order valence-corrected chi connectivity index (χ4v) is 4.40. The molecule has 1 saturated heterocycles. The van der Waals surface area contributed by atoms with E-state index in [1.165, 1.54) is 36.4 Å². The summed E-state index contributed by atoms with van der Waals surface area (Å²) < 4.78 is 0.171. The van der Waals surface area contributed by atoms with Crippen LogP contribution < -0.4 is 16.4 Å². The topological polar surface area (TPSA) is 80.0 Å². The van der Waals surface area contributed by atoms with Gasteiger partial charge in [-0.1, -0.05) is 11.3 Å². The maximum absolute atomic E-state index is 12.2. The number of thioether (sulfide) groups is 1. The lowest BCUT2D eigenvalue weighted by Crippen LogP contribution is -2.36. The molecule has 1 unspecified atom stereocenters. The van der Waals surface area contributed by atoms with E-state index in [0.29, 0.717) is 23.3 Å². The Bertz CT molecular complexity index is 506. The number of nitrogens with zero attached hydrogens (tertiary/aromatic N) is 1. The van der Waals surface area contributed by atoms with Crippen molar-refractivity contribution < 1.29 is 4.79 Å². The molecule has 5 nitrogen and oxygen atoms in total. The van der Waals surface area contributed by atoms with Crippen molar-refractivity contribution in [3.63, 3.8) is 0 Å². The highest BCUT2D eigenvalue weighted by atomic mass is 32.2. The van der Waals surface area contributed by atoms with Gasteiger partial charge in [-0.15, -0.1) is 0 Å². The van der Waals surface area contributed by atoms with Crippen LogP contribution >= 0.6 is 23.1 Å². The Morgan fingerprint density at radius 3 is 3.00 bits per heavy atom. The quantitative estimate of drug-likeness (QED) is 0.777. The van der Waals surface area contributed by atoms with Crippen LogP contribution in [-0.2, 0) is 0 Å². The molecule has 1 aromatic heterocycles. The fraction of sp³-hybridized carbons (Fsp3) is 0.692. The SMILES string of the molecule is CC1(CNC(=O)c2sc(NC3CC3)nc2N)CCCS1. The third-order valence-corrected chi connectivity index (χ3v) is 6.23. The Kier molecular flexibility index (Phi) is 3.81.